The molecule has 19 heavy (non-hydrogen) atoms. The number of pyridine rings is 1. The second-order valence-corrected chi connectivity index (χ2v) is 3.83. The first-order valence-corrected chi connectivity index (χ1v) is 5.55. The van der Waals surface area contributed by atoms with E-state index in [0.29, 0.717) is 6.54 Å². The van der Waals surface area contributed by atoms with Crippen molar-refractivity contribution in [2.75, 3.05) is 27.2 Å². The highest BCUT2D eigenvalue weighted by molar-refractivity contribution is 5.85. The molecule has 0 saturated heterocycles. The molecule has 1 unspecified atom stereocenters. The van der Waals surface area contributed by atoms with Crippen molar-refractivity contribution < 1.29 is 9.53 Å². The Balaban J connectivity index is 0. The zero-order valence-electron chi connectivity index (χ0n) is 11.1. The molecule has 0 fully saturated rings. The predicted molar refractivity (Wildman–Crippen MR) is 79.9 cm³/mol. The number of nitrogens with two attached hydrogens (primary N) is 1. The minimum absolute atomic E-state index is 0. The SMILES string of the molecule is COC(CN)C(=O)N(C)CCc1ccncc1.Cl.Cl. The molecule has 0 radical (unpaired) electrons. The fourth-order valence-electron chi connectivity index (χ4n) is 1.50. The number of hydrogen-bond donors (Lipinski definition) is 1. The van der Waals surface area contributed by atoms with Crippen LogP contribution in [0.5, 0.6) is 0 Å². The average Bonchev–Trinajstić information content (AvgIpc) is 2.38. The summed E-state index contributed by atoms with van der Waals surface area (Å²) in [4.78, 5) is 17.4. The minimum Gasteiger partial charge on any atom is -0.370 e. The normalized spacial score (nSPS) is 10.9. The molecule has 1 atom stereocenters. The number of carbonyl (C=O) groups excluding carboxylic acids is 1. The van der Waals surface area contributed by atoms with Crippen molar-refractivity contribution in [1.82, 2.24) is 9.88 Å². The van der Waals surface area contributed by atoms with Gasteiger partial charge in [-0.1, -0.05) is 0 Å². The zero-order valence-corrected chi connectivity index (χ0v) is 12.7. The number of nitrogens with zero attached hydrogens (tertiary/aromatic N) is 2. The Hall–Kier alpha value is -0.880. The average molecular weight is 310 g/mol. The zero-order chi connectivity index (χ0) is 12.7. The smallest absolute Gasteiger partial charge is 0.252 e. The summed E-state index contributed by atoms with van der Waals surface area (Å²) >= 11 is 0. The van der Waals surface area contributed by atoms with Gasteiger partial charge in [-0.25, -0.2) is 0 Å². The third-order valence-corrected chi connectivity index (χ3v) is 2.64. The van der Waals surface area contributed by atoms with Crippen LogP contribution in [0.3, 0.4) is 0 Å². The third kappa shape index (κ3) is 6.73. The maximum atomic E-state index is 11.8. The molecule has 0 aliphatic carbocycles. The molecule has 1 amide bonds. The first-order valence-electron chi connectivity index (χ1n) is 5.55. The van der Waals surface area contributed by atoms with Crippen molar-refractivity contribution in [3.63, 3.8) is 0 Å². The van der Waals surface area contributed by atoms with Crippen molar-refractivity contribution in [1.29, 1.82) is 0 Å². The second kappa shape index (κ2) is 11.0. The lowest BCUT2D eigenvalue weighted by Crippen LogP contribution is -2.42. The van der Waals surface area contributed by atoms with Crippen molar-refractivity contribution in [3.05, 3.63) is 30.1 Å². The first kappa shape index (κ1) is 20.4. The van der Waals surface area contributed by atoms with E-state index >= 15 is 0 Å². The van der Waals surface area contributed by atoms with Gasteiger partial charge in [0.2, 0.25) is 0 Å². The van der Waals surface area contributed by atoms with Crippen LogP contribution in [0.15, 0.2) is 24.5 Å². The highest BCUT2D eigenvalue weighted by Gasteiger charge is 2.19. The van der Waals surface area contributed by atoms with E-state index in [1.807, 2.05) is 12.1 Å². The Labute approximate surface area is 126 Å². The van der Waals surface area contributed by atoms with E-state index in [-0.39, 0.29) is 37.3 Å². The quantitative estimate of drug-likeness (QED) is 0.847. The standard InChI is InChI=1S/C12H19N3O2.2ClH/c1-15(12(16)11(9-13)17-2)8-5-10-3-6-14-7-4-10;;/h3-4,6-7,11H,5,8-9,13H2,1-2H3;2*1H. The first-order chi connectivity index (χ1) is 8.19. The number of aromatic nitrogens is 1. The van der Waals surface area contributed by atoms with Crippen LogP contribution in [-0.4, -0.2) is 49.1 Å². The molecular formula is C12H21Cl2N3O2. The Morgan fingerprint density at radius 2 is 2.00 bits per heavy atom. The lowest BCUT2D eigenvalue weighted by atomic mass is 10.2. The summed E-state index contributed by atoms with van der Waals surface area (Å²) in [6.07, 6.45) is 3.74. The van der Waals surface area contributed by atoms with Crippen LogP contribution in [-0.2, 0) is 16.0 Å². The number of rotatable bonds is 6. The summed E-state index contributed by atoms with van der Waals surface area (Å²) in [5.74, 6) is -0.0796. The molecule has 0 saturated carbocycles. The van der Waals surface area contributed by atoms with Gasteiger partial charge in [0, 0.05) is 39.6 Å². The highest BCUT2D eigenvalue weighted by atomic mass is 35.5. The molecule has 1 aromatic rings. The van der Waals surface area contributed by atoms with Crippen molar-refractivity contribution in [2.24, 2.45) is 5.73 Å². The van der Waals surface area contributed by atoms with E-state index in [9.17, 15) is 4.79 Å². The van der Waals surface area contributed by atoms with E-state index < -0.39 is 6.10 Å². The lowest BCUT2D eigenvalue weighted by Gasteiger charge is -2.21. The molecule has 110 valence electrons. The fraction of sp³-hybridized carbons (Fsp3) is 0.500. The predicted octanol–water partition coefficient (Wildman–Crippen LogP) is 0.900. The van der Waals surface area contributed by atoms with Crippen molar-refractivity contribution >= 4 is 30.7 Å². The van der Waals surface area contributed by atoms with Gasteiger partial charge in [-0.15, -0.1) is 24.8 Å². The number of amides is 1. The van der Waals surface area contributed by atoms with Gasteiger partial charge in [0.1, 0.15) is 6.10 Å². The monoisotopic (exact) mass is 309 g/mol. The Kier molecular flexibility index (Phi) is 11.8. The summed E-state index contributed by atoms with van der Waals surface area (Å²) in [6.45, 7) is 0.845. The Morgan fingerprint density at radius 1 is 1.42 bits per heavy atom. The van der Waals surface area contributed by atoms with Crippen molar-refractivity contribution in [3.8, 4) is 0 Å². The van der Waals surface area contributed by atoms with Crippen LogP contribution in [0.4, 0.5) is 0 Å². The minimum atomic E-state index is -0.544. The lowest BCUT2D eigenvalue weighted by molar-refractivity contribution is -0.139. The summed E-state index contributed by atoms with van der Waals surface area (Å²) in [5, 5.41) is 0. The second-order valence-electron chi connectivity index (χ2n) is 3.83. The topological polar surface area (TPSA) is 68.5 Å². The maximum Gasteiger partial charge on any atom is 0.252 e. The molecule has 0 aliphatic heterocycles. The number of methoxy groups -OCH3 is 1. The summed E-state index contributed by atoms with van der Waals surface area (Å²) in [6, 6.07) is 3.88. The van der Waals surface area contributed by atoms with Crippen LogP contribution >= 0.6 is 24.8 Å². The fourth-order valence-corrected chi connectivity index (χ4v) is 1.50. The van der Waals surface area contributed by atoms with Gasteiger partial charge in [0.05, 0.1) is 0 Å². The van der Waals surface area contributed by atoms with E-state index in [0.717, 1.165) is 12.0 Å². The molecule has 2 N–H and O–H groups in total. The number of carbonyl (C=O) groups is 1. The van der Waals surface area contributed by atoms with Gasteiger partial charge in [-0.3, -0.25) is 9.78 Å². The van der Waals surface area contributed by atoms with Crippen molar-refractivity contribution in [2.45, 2.75) is 12.5 Å². The van der Waals surface area contributed by atoms with E-state index in [4.69, 9.17) is 10.5 Å². The van der Waals surface area contributed by atoms with Crippen LogP contribution in [0.2, 0.25) is 0 Å². The molecule has 0 bridgehead atoms. The van der Waals surface area contributed by atoms with Crippen LogP contribution in [0.1, 0.15) is 5.56 Å². The molecule has 5 nitrogen and oxygen atoms in total. The molecule has 0 aliphatic rings. The van der Waals surface area contributed by atoms with Gasteiger partial charge >= 0.3 is 0 Å². The molecule has 7 heteroatoms. The van der Waals surface area contributed by atoms with Crippen LogP contribution in [0.25, 0.3) is 0 Å². The maximum absolute atomic E-state index is 11.8. The largest absolute Gasteiger partial charge is 0.370 e. The highest BCUT2D eigenvalue weighted by Crippen LogP contribution is 2.01. The number of ether oxygens (including phenoxy) is 1. The molecule has 0 aromatic carbocycles. The van der Waals surface area contributed by atoms with Gasteiger partial charge in [-0.05, 0) is 24.1 Å². The van der Waals surface area contributed by atoms with E-state index in [1.165, 1.54) is 7.11 Å². The number of likely N-dealkylation sites (N-methyl/N-ethyl adjacent to an activating group) is 1. The van der Waals surface area contributed by atoms with Gasteiger partial charge in [-0.2, -0.15) is 0 Å². The third-order valence-electron chi connectivity index (χ3n) is 2.64. The van der Waals surface area contributed by atoms with Crippen LogP contribution in [0, 0.1) is 0 Å². The molecule has 1 aromatic heterocycles. The number of halogens is 2. The molecule has 0 spiro atoms. The molecular weight excluding hydrogens is 289 g/mol. The van der Waals surface area contributed by atoms with Crippen LogP contribution < -0.4 is 5.73 Å². The van der Waals surface area contributed by atoms with Gasteiger partial charge in [0.15, 0.2) is 0 Å². The Morgan fingerprint density at radius 3 is 2.47 bits per heavy atom. The van der Waals surface area contributed by atoms with E-state index in [2.05, 4.69) is 4.98 Å². The van der Waals surface area contributed by atoms with Gasteiger partial charge < -0.3 is 15.4 Å². The van der Waals surface area contributed by atoms with Gasteiger partial charge in [0.25, 0.3) is 5.91 Å². The molecule has 1 heterocycles. The number of hydrogen-bond acceptors (Lipinski definition) is 4. The molecule has 1 rings (SSSR count). The summed E-state index contributed by atoms with van der Waals surface area (Å²) in [7, 11) is 3.25. The summed E-state index contributed by atoms with van der Waals surface area (Å²) in [5.41, 5.74) is 6.60. The summed E-state index contributed by atoms with van der Waals surface area (Å²) < 4.78 is 5.01. The Bertz CT molecular complexity index is 348. The van der Waals surface area contributed by atoms with E-state index in [1.54, 1.807) is 24.3 Å².